The number of para-hydroxylation sites is 1. The van der Waals surface area contributed by atoms with Gasteiger partial charge >= 0.3 is 0 Å². The van der Waals surface area contributed by atoms with Gasteiger partial charge in [0.15, 0.2) is 4.80 Å². The number of fused-ring (bicyclic) bond motifs is 1. The highest BCUT2D eigenvalue weighted by Crippen LogP contribution is 2.27. The number of benzene rings is 2. The van der Waals surface area contributed by atoms with Crippen LogP contribution in [0.5, 0.6) is 11.5 Å². The molecule has 1 aromatic heterocycles. The molecule has 1 amide bonds. The third-order valence-corrected chi connectivity index (χ3v) is 4.93. The Morgan fingerprint density at radius 2 is 2.00 bits per heavy atom. The van der Waals surface area contributed by atoms with Gasteiger partial charge < -0.3 is 14.0 Å². The van der Waals surface area contributed by atoms with Gasteiger partial charge in [-0.15, -0.1) is 6.42 Å². The molecule has 0 aliphatic rings. The molecule has 0 unspecified atom stereocenters. The third-order valence-electron chi connectivity index (χ3n) is 3.88. The number of thiazole rings is 1. The lowest BCUT2D eigenvalue weighted by atomic mass is 10.2. The van der Waals surface area contributed by atoms with Crippen LogP contribution in [0.1, 0.15) is 31.1 Å². The first-order chi connectivity index (χ1) is 13.5. The monoisotopic (exact) mass is 394 g/mol. The van der Waals surface area contributed by atoms with Crippen LogP contribution < -0.4 is 14.3 Å². The number of amides is 1. The zero-order valence-electron chi connectivity index (χ0n) is 16.1. The van der Waals surface area contributed by atoms with Crippen LogP contribution in [0.3, 0.4) is 0 Å². The van der Waals surface area contributed by atoms with Gasteiger partial charge in [-0.1, -0.05) is 23.3 Å². The average Bonchev–Trinajstić information content (AvgIpc) is 3.00. The van der Waals surface area contributed by atoms with E-state index in [2.05, 4.69) is 10.9 Å². The molecule has 0 N–H and O–H groups in total. The van der Waals surface area contributed by atoms with Gasteiger partial charge in [0.1, 0.15) is 17.0 Å². The Labute approximate surface area is 168 Å². The van der Waals surface area contributed by atoms with Gasteiger partial charge in [0.2, 0.25) is 0 Å². The lowest BCUT2D eigenvalue weighted by molar-refractivity contribution is 0.0998. The molecule has 0 aliphatic heterocycles. The smallest absolute Gasteiger partial charge is 0.279 e. The van der Waals surface area contributed by atoms with Crippen molar-refractivity contribution in [2.45, 2.75) is 33.4 Å². The molecule has 0 bridgehead atoms. The Morgan fingerprint density at radius 1 is 1.25 bits per heavy atom. The molecule has 6 heteroatoms. The van der Waals surface area contributed by atoms with E-state index in [-0.39, 0.29) is 12.0 Å². The van der Waals surface area contributed by atoms with Gasteiger partial charge in [0.25, 0.3) is 5.91 Å². The minimum absolute atomic E-state index is 0.0760. The van der Waals surface area contributed by atoms with Crippen molar-refractivity contribution >= 4 is 27.5 Å². The molecule has 0 aliphatic carbocycles. The molecule has 3 aromatic rings. The highest BCUT2D eigenvalue weighted by atomic mass is 32.1. The number of nitrogens with zero attached hydrogens (tertiary/aromatic N) is 2. The first-order valence-corrected chi connectivity index (χ1v) is 9.89. The molecule has 0 spiro atoms. The maximum absolute atomic E-state index is 12.7. The molecule has 0 fully saturated rings. The number of hydrogen-bond donors (Lipinski definition) is 0. The summed E-state index contributed by atoms with van der Waals surface area (Å²) in [4.78, 5) is 17.6. The summed E-state index contributed by atoms with van der Waals surface area (Å²) in [6, 6.07) is 12.8. The van der Waals surface area contributed by atoms with Crippen molar-refractivity contribution in [1.29, 1.82) is 0 Å². The van der Waals surface area contributed by atoms with Gasteiger partial charge in [-0.25, -0.2) is 0 Å². The highest BCUT2D eigenvalue weighted by molar-refractivity contribution is 7.16. The molecular formula is C22H22N2O3S. The molecular weight excluding hydrogens is 372 g/mol. The van der Waals surface area contributed by atoms with E-state index in [4.69, 9.17) is 15.9 Å². The van der Waals surface area contributed by atoms with E-state index < -0.39 is 0 Å². The zero-order valence-corrected chi connectivity index (χ0v) is 17.0. The molecule has 0 saturated carbocycles. The third kappa shape index (κ3) is 4.26. The van der Waals surface area contributed by atoms with Crippen LogP contribution in [0.15, 0.2) is 47.5 Å². The number of hydrogen-bond acceptors (Lipinski definition) is 4. The van der Waals surface area contributed by atoms with E-state index in [9.17, 15) is 4.79 Å². The zero-order chi connectivity index (χ0) is 20.1. The fraction of sp³-hybridized carbons (Fsp3) is 0.273. The summed E-state index contributed by atoms with van der Waals surface area (Å²) in [6.07, 6.45) is 5.63. The van der Waals surface area contributed by atoms with Crippen LogP contribution in [0.2, 0.25) is 0 Å². The summed E-state index contributed by atoms with van der Waals surface area (Å²) < 4.78 is 14.2. The quantitative estimate of drug-likeness (QED) is 0.587. The molecule has 3 rings (SSSR count). The van der Waals surface area contributed by atoms with Crippen LogP contribution in [0.25, 0.3) is 10.2 Å². The summed E-state index contributed by atoms with van der Waals surface area (Å²) in [5, 5.41) is 0. The van der Waals surface area contributed by atoms with Crippen molar-refractivity contribution in [3.63, 3.8) is 0 Å². The van der Waals surface area contributed by atoms with Crippen molar-refractivity contribution in [3.8, 4) is 23.8 Å². The fourth-order valence-corrected chi connectivity index (χ4v) is 3.84. The number of terminal acetylenes is 1. The average molecular weight is 394 g/mol. The Balaban J connectivity index is 2.03. The molecule has 2 aromatic carbocycles. The lowest BCUT2D eigenvalue weighted by Crippen LogP contribution is -2.17. The van der Waals surface area contributed by atoms with Gasteiger partial charge in [-0.05, 0) is 57.2 Å². The molecule has 0 radical (unpaired) electrons. The number of carbonyl (C=O) groups is 1. The van der Waals surface area contributed by atoms with Crippen LogP contribution in [-0.4, -0.2) is 23.2 Å². The van der Waals surface area contributed by atoms with Crippen molar-refractivity contribution in [2.75, 3.05) is 6.61 Å². The van der Waals surface area contributed by atoms with Crippen LogP contribution in [0, 0.1) is 12.3 Å². The maximum Gasteiger partial charge on any atom is 0.279 e. The maximum atomic E-state index is 12.7. The van der Waals surface area contributed by atoms with Crippen molar-refractivity contribution in [1.82, 2.24) is 4.57 Å². The van der Waals surface area contributed by atoms with E-state index in [0.717, 1.165) is 21.7 Å². The van der Waals surface area contributed by atoms with Crippen molar-refractivity contribution in [2.24, 2.45) is 4.99 Å². The summed E-state index contributed by atoms with van der Waals surface area (Å²) in [7, 11) is 0. The predicted molar refractivity (Wildman–Crippen MR) is 112 cm³/mol. The van der Waals surface area contributed by atoms with Gasteiger partial charge in [0.05, 0.1) is 24.0 Å². The molecule has 0 atom stereocenters. The second kappa shape index (κ2) is 8.77. The molecule has 0 saturated heterocycles. The number of ether oxygens (including phenoxy) is 2. The van der Waals surface area contributed by atoms with E-state index >= 15 is 0 Å². The van der Waals surface area contributed by atoms with E-state index in [1.165, 1.54) is 11.3 Å². The molecule has 144 valence electrons. The fourth-order valence-electron chi connectivity index (χ4n) is 2.79. The standard InChI is InChI=1S/C22H22N2O3S/c1-5-14-24-20-18(26-6-2)8-7-9-19(20)28-22(24)23-21(25)16-10-12-17(13-11-16)27-15(3)4/h1,7-13,15H,6,14H2,2-4H3. The first kappa shape index (κ1) is 19.7. The molecule has 1 heterocycles. The number of aromatic nitrogens is 1. The SMILES string of the molecule is C#CCn1c(=NC(=O)c2ccc(OC(C)C)cc2)sc2cccc(OCC)c21. The van der Waals surface area contributed by atoms with Gasteiger partial charge in [-0.2, -0.15) is 4.99 Å². The summed E-state index contributed by atoms with van der Waals surface area (Å²) >= 11 is 1.41. The van der Waals surface area contributed by atoms with Crippen LogP contribution in [0.4, 0.5) is 0 Å². The predicted octanol–water partition coefficient (Wildman–Crippen LogP) is 4.26. The number of rotatable bonds is 6. The van der Waals surface area contributed by atoms with Gasteiger partial charge in [0, 0.05) is 5.56 Å². The van der Waals surface area contributed by atoms with Crippen LogP contribution >= 0.6 is 11.3 Å². The normalized spacial score (nSPS) is 11.6. The Bertz CT molecular complexity index is 1090. The minimum Gasteiger partial charge on any atom is -0.492 e. The minimum atomic E-state index is -0.327. The lowest BCUT2D eigenvalue weighted by Gasteiger charge is -2.09. The summed E-state index contributed by atoms with van der Waals surface area (Å²) in [5.74, 6) is 3.76. The largest absolute Gasteiger partial charge is 0.492 e. The second-order valence-corrected chi connectivity index (χ2v) is 7.33. The van der Waals surface area contributed by atoms with Crippen molar-refractivity contribution < 1.29 is 14.3 Å². The molecule has 5 nitrogen and oxygen atoms in total. The van der Waals surface area contributed by atoms with Crippen molar-refractivity contribution in [3.05, 3.63) is 52.8 Å². The second-order valence-electron chi connectivity index (χ2n) is 6.32. The highest BCUT2D eigenvalue weighted by Gasteiger charge is 2.13. The van der Waals surface area contributed by atoms with E-state index in [0.29, 0.717) is 23.5 Å². The molecule has 28 heavy (non-hydrogen) atoms. The Morgan fingerprint density at radius 3 is 2.64 bits per heavy atom. The first-order valence-electron chi connectivity index (χ1n) is 9.08. The summed E-state index contributed by atoms with van der Waals surface area (Å²) in [5.41, 5.74) is 1.35. The Hall–Kier alpha value is -3.04. The Kier molecular flexibility index (Phi) is 6.17. The van der Waals surface area contributed by atoms with Gasteiger partial charge in [-0.3, -0.25) is 4.79 Å². The topological polar surface area (TPSA) is 52.8 Å². The van der Waals surface area contributed by atoms with Crippen LogP contribution in [-0.2, 0) is 6.54 Å². The summed E-state index contributed by atoms with van der Waals surface area (Å²) in [6.45, 7) is 6.68. The number of carbonyl (C=O) groups excluding carboxylic acids is 1. The van der Waals surface area contributed by atoms with E-state index in [1.54, 1.807) is 24.3 Å². The van der Waals surface area contributed by atoms with E-state index in [1.807, 2.05) is 43.5 Å².